The lowest BCUT2D eigenvalue weighted by Crippen LogP contribution is -2.61. The van der Waals surface area contributed by atoms with Crippen LogP contribution in [0.1, 0.15) is 25.3 Å². The summed E-state index contributed by atoms with van der Waals surface area (Å²) in [6, 6.07) is 9.84. The van der Waals surface area contributed by atoms with Crippen LogP contribution in [0.15, 0.2) is 24.3 Å². The van der Waals surface area contributed by atoms with Crippen molar-refractivity contribution in [3.63, 3.8) is 0 Å². The van der Waals surface area contributed by atoms with Gasteiger partial charge >= 0.3 is 0 Å². The summed E-state index contributed by atoms with van der Waals surface area (Å²) < 4.78 is 0. The van der Waals surface area contributed by atoms with Gasteiger partial charge in [-0.2, -0.15) is 0 Å². The Labute approximate surface area is 116 Å². The molecule has 2 aliphatic rings. The van der Waals surface area contributed by atoms with Crippen LogP contribution in [0.4, 0.5) is 5.69 Å². The summed E-state index contributed by atoms with van der Waals surface area (Å²) in [5.74, 6) is 0.619. The van der Waals surface area contributed by atoms with E-state index in [4.69, 9.17) is 0 Å². The fraction of sp³-hybridized carbons (Fsp3) is 0.625. The van der Waals surface area contributed by atoms with Gasteiger partial charge in [0, 0.05) is 51.0 Å². The van der Waals surface area contributed by atoms with Crippen LogP contribution in [-0.4, -0.2) is 50.2 Å². The Bertz CT molecular complexity index is 413. The van der Waals surface area contributed by atoms with Crippen molar-refractivity contribution in [3.05, 3.63) is 29.8 Å². The van der Waals surface area contributed by atoms with E-state index in [1.807, 2.05) is 0 Å². The van der Waals surface area contributed by atoms with Crippen molar-refractivity contribution in [1.29, 1.82) is 0 Å². The number of rotatable bonds is 2. The molecular formula is C16H25N3. The van der Waals surface area contributed by atoms with Crippen molar-refractivity contribution in [3.8, 4) is 0 Å². The highest BCUT2D eigenvalue weighted by atomic mass is 15.3. The standard InChI is InChI=1S/C16H25N3/c1-13(2)14-3-5-15(6-4-14)19-10-9-18-8-7-17-11-16(18)12-19/h3-6,13,16-17H,7-12H2,1-2H3. The third kappa shape index (κ3) is 2.77. The van der Waals surface area contributed by atoms with Crippen molar-refractivity contribution in [2.24, 2.45) is 0 Å². The molecule has 1 unspecified atom stereocenters. The minimum absolute atomic E-state index is 0.619. The molecule has 0 radical (unpaired) electrons. The zero-order chi connectivity index (χ0) is 13.2. The van der Waals surface area contributed by atoms with Crippen molar-refractivity contribution >= 4 is 5.69 Å². The highest BCUT2D eigenvalue weighted by molar-refractivity contribution is 5.48. The van der Waals surface area contributed by atoms with Gasteiger partial charge in [-0.15, -0.1) is 0 Å². The largest absolute Gasteiger partial charge is 0.369 e. The van der Waals surface area contributed by atoms with E-state index >= 15 is 0 Å². The number of anilines is 1. The molecule has 3 heteroatoms. The first-order valence-electron chi connectivity index (χ1n) is 7.54. The topological polar surface area (TPSA) is 18.5 Å². The molecule has 2 heterocycles. The molecule has 2 aliphatic heterocycles. The van der Waals surface area contributed by atoms with E-state index in [1.165, 1.54) is 24.3 Å². The minimum atomic E-state index is 0.619. The Morgan fingerprint density at radius 3 is 2.63 bits per heavy atom. The Kier molecular flexibility index (Phi) is 3.76. The van der Waals surface area contributed by atoms with Gasteiger partial charge in [-0.1, -0.05) is 26.0 Å². The predicted molar refractivity (Wildman–Crippen MR) is 81.0 cm³/mol. The predicted octanol–water partition coefficient (Wildman–Crippen LogP) is 1.90. The van der Waals surface area contributed by atoms with E-state index in [0.29, 0.717) is 12.0 Å². The van der Waals surface area contributed by atoms with Crippen LogP contribution in [0.5, 0.6) is 0 Å². The Morgan fingerprint density at radius 2 is 1.89 bits per heavy atom. The lowest BCUT2D eigenvalue weighted by molar-refractivity contribution is 0.146. The number of piperazine rings is 2. The number of nitrogens with zero attached hydrogens (tertiary/aromatic N) is 2. The SMILES string of the molecule is CC(C)c1ccc(N2CCN3CCNCC3C2)cc1. The highest BCUT2D eigenvalue weighted by Gasteiger charge is 2.28. The second-order valence-corrected chi connectivity index (χ2v) is 6.09. The van der Waals surface area contributed by atoms with Gasteiger partial charge in [0.25, 0.3) is 0 Å². The minimum Gasteiger partial charge on any atom is -0.369 e. The Hall–Kier alpha value is -1.06. The molecule has 3 nitrogen and oxygen atoms in total. The summed E-state index contributed by atoms with van der Waals surface area (Å²) in [6.07, 6.45) is 0. The summed E-state index contributed by atoms with van der Waals surface area (Å²) in [4.78, 5) is 5.17. The number of benzene rings is 1. The van der Waals surface area contributed by atoms with Crippen LogP contribution in [-0.2, 0) is 0 Å². The van der Waals surface area contributed by atoms with Crippen molar-refractivity contribution in [2.45, 2.75) is 25.8 Å². The number of fused-ring (bicyclic) bond motifs is 1. The maximum Gasteiger partial charge on any atom is 0.0397 e. The Morgan fingerprint density at radius 1 is 1.11 bits per heavy atom. The molecule has 0 aliphatic carbocycles. The fourth-order valence-electron chi connectivity index (χ4n) is 3.18. The van der Waals surface area contributed by atoms with Gasteiger partial charge in [0.05, 0.1) is 0 Å². The summed E-state index contributed by atoms with van der Waals surface area (Å²) in [7, 11) is 0. The number of nitrogens with one attached hydrogen (secondary N) is 1. The molecule has 104 valence electrons. The van der Waals surface area contributed by atoms with Crippen LogP contribution >= 0.6 is 0 Å². The molecule has 19 heavy (non-hydrogen) atoms. The third-order valence-corrected chi connectivity index (χ3v) is 4.49. The van der Waals surface area contributed by atoms with Crippen LogP contribution < -0.4 is 10.2 Å². The first-order valence-corrected chi connectivity index (χ1v) is 7.54. The molecule has 2 saturated heterocycles. The van der Waals surface area contributed by atoms with Crippen LogP contribution in [0.3, 0.4) is 0 Å². The lowest BCUT2D eigenvalue weighted by atomic mass is 10.0. The van der Waals surface area contributed by atoms with Gasteiger partial charge in [-0.05, 0) is 23.6 Å². The lowest BCUT2D eigenvalue weighted by Gasteiger charge is -2.45. The molecule has 1 aromatic carbocycles. The van der Waals surface area contributed by atoms with E-state index in [-0.39, 0.29) is 0 Å². The number of hydrogen-bond acceptors (Lipinski definition) is 3. The smallest absolute Gasteiger partial charge is 0.0397 e. The summed E-state index contributed by atoms with van der Waals surface area (Å²) in [6.45, 7) is 11.5. The van der Waals surface area contributed by atoms with E-state index in [1.54, 1.807) is 0 Å². The zero-order valence-corrected chi connectivity index (χ0v) is 12.1. The van der Waals surface area contributed by atoms with Gasteiger partial charge < -0.3 is 10.2 Å². The van der Waals surface area contributed by atoms with Crippen molar-refractivity contribution < 1.29 is 0 Å². The highest BCUT2D eigenvalue weighted by Crippen LogP contribution is 2.23. The normalized spacial score (nSPS) is 24.6. The first-order chi connectivity index (χ1) is 9.24. The molecule has 1 aromatic rings. The fourth-order valence-corrected chi connectivity index (χ4v) is 3.18. The van der Waals surface area contributed by atoms with Crippen LogP contribution in [0.25, 0.3) is 0 Å². The van der Waals surface area contributed by atoms with Crippen molar-refractivity contribution in [2.75, 3.05) is 44.2 Å². The van der Waals surface area contributed by atoms with E-state index in [9.17, 15) is 0 Å². The molecule has 0 spiro atoms. The number of hydrogen-bond donors (Lipinski definition) is 1. The molecule has 0 amide bonds. The molecule has 0 saturated carbocycles. The Balaban J connectivity index is 1.69. The summed E-state index contributed by atoms with van der Waals surface area (Å²) in [5.41, 5.74) is 2.82. The first kappa shape index (κ1) is 12.9. The maximum absolute atomic E-state index is 3.51. The average Bonchev–Trinajstić information content (AvgIpc) is 2.47. The molecule has 1 N–H and O–H groups in total. The van der Waals surface area contributed by atoms with Crippen LogP contribution in [0.2, 0.25) is 0 Å². The maximum atomic E-state index is 3.51. The molecular weight excluding hydrogens is 234 g/mol. The van der Waals surface area contributed by atoms with Gasteiger partial charge in [-0.25, -0.2) is 0 Å². The summed E-state index contributed by atoms with van der Waals surface area (Å²) in [5, 5.41) is 3.51. The molecule has 0 bridgehead atoms. The van der Waals surface area contributed by atoms with Gasteiger partial charge in [-0.3, -0.25) is 4.90 Å². The van der Waals surface area contributed by atoms with Crippen LogP contribution in [0, 0.1) is 0 Å². The molecule has 2 fully saturated rings. The summed E-state index contributed by atoms with van der Waals surface area (Å²) >= 11 is 0. The zero-order valence-electron chi connectivity index (χ0n) is 12.1. The van der Waals surface area contributed by atoms with Crippen molar-refractivity contribution in [1.82, 2.24) is 10.2 Å². The molecule has 1 atom stereocenters. The third-order valence-electron chi connectivity index (χ3n) is 4.49. The monoisotopic (exact) mass is 259 g/mol. The van der Waals surface area contributed by atoms with Gasteiger partial charge in [0.2, 0.25) is 0 Å². The van der Waals surface area contributed by atoms with E-state index < -0.39 is 0 Å². The van der Waals surface area contributed by atoms with Gasteiger partial charge in [0.1, 0.15) is 0 Å². The quantitative estimate of drug-likeness (QED) is 0.875. The second kappa shape index (κ2) is 5.51. The molecule has 0 aromatic heterocycles. The average molecular weight is 259 g/mol. The molecule has 3 rings (SSSR count). The van der Waals surface area contributed by atoms with E-state index in [2.05, 4.69) is 53.2 Å². The second-order valence-electron chi connectivity index (χ2n) is 6.09. The van der Waals surface area contributed by atoms with Gasteiger partial charge in [0.15, 0.2) is 0 Å². The van der Waals surface area contributed by atoms with E-state index in [0.717, 1.165) is 26.2 Å².